The third-order valence-electron chi connectivity index (χ3n) is 1.70. The van der Waals surface area contributed by atoms with Crippen LogP contribution in [0.15, 0.2) is 18.2 Å². The third-order valence-corrected chi connectivity index (χ3v) is 1.99. The maximum Gasteiger partial charge on any atom is 0.316 e. The minimum Gasteiger partial charge on any atom is -0.328 e. The first-order valence-corrected chi connectivity index (χ1v) is 4.23. The van der Waals surface area contributed by atoms with Gasteiger partial charge in [-0.2, -0.15) is 0 Å². The summed E-state index contributed by atoms with van der Waals surface area (Å²) in [4.78, 5) is 11.8. The molecule has 5 heteroatoms. The van der Waals surface area contributed by atoms with Crippen molar-refractivity contribution in [3.05, 3.63) is 35.4 Å². The summed E-state index contributed by atoms with van der Waals surface area (Å²) in [5.41, 5.74) is 0.486. The van der Waals surface area contributed by atoms with E-state index in [4.69, 9.17) is 11.6 Å². The quantitative estimate of drug-likeness (QED) is 0.553. The highest BCUT2D eigenvalue weighted by Crippen LogP contribution is 2.10. The fraction of sp³-hybridized carbons (Fsp3) is 0.222. The van der Waals surface area contributed by atoms with Gasteiger partial charge in [0.2, 0.25) is 0 Å². The van der Waals surface area contributed by atoms with Crippen molar-refractivity contribution in [2.75, 3.05) is 7.05 Å². The molecule has 1 aromatic carbocycles. The lowest BCUT2D eigenvalue weighted by Gasteiger charge is -2.12. The molecule has 0 saturated heterocycles. The van der Waals surface area contributed by atoms with Gasteiger partial charge in [-0.3, -0.25) is 4.79 Å². The van der Waals surface area contributed by atoms with Gasteiger partial charge in [0.25, 0.3) is 0 Å². The Morgan fingerprint density at radius 2 is 2.07 bits per heavy atom. The second kappa shape index (κ2) is 4.37. The normalized spacial score (nSPS) is 10.0. The summed E-state index contributed by atoms with van der Waals surface area (Å²) in [6.45, 7) is 0.152. The molecule has 1 aromatic rings. The maximum absolute atomic E-state index is 12.7. The number of nitrogens with zero attached hydrogens (tertiary/aromatic N) is 1. The lowest BCUT2D eigenvalue weighted by atomic mass is 10.2. The molecule has 0 spiro atoms. The molecule has 76 valence electrons. The minimum atomic E-state index is -0.932. The molecular formula is C9H8ClF2NO. The van der Waals surface area contributed by atoms with Crippen LogP contribution in [0, 0.1) is 11.6 Å². The second-order valence-corrected chi connectivity index (χ2v) is 3.18. The van der Waals surface area contributed by atoms with Crippen LogP contribution in [0.2, 0.25) is 0 Å². The number of hydrogen-bond donors (Lipinski definition) is 0. The van der Waals surface area contributed by atoms with Gasteiger partial charge in [-0.05, 0) is 29.3 Å². The van der Waals surface area contributed by atoms with Crippen molar-refractivity contribution in [1.29, 1.82) is 0 Å². The highest BCUT2D eigenvalue weighted by molar-refractivity contribution is 6.62. The molecule has 2 nitrogen and oxygen atoms in total. The summed E-state index contributed by atoms with van der Waals surface area (Å²) in [5, 5.41) is -0.644. The fourth-order valence-corrected chi connectivity index (χ4v) is 1.03. The predicted octanol–water partition coefficient (Wildman–Crippen LogP) is 2.76. The van der Waals surface area contributed by atoms with E-state index < -0.39 is 17.0 Å². The number of benzene rings is 1. The lowest BCUT2D eigenvalue weighted by molar-refractivity contribution is 0.230. The van der Waals surface area contributed by atoms with Gasteiger partial charge in [-0.25, -0.2) is 8.78 Å². The van der Waals surface area contributed by atoms with Gasteiger partial charge in [-0.1, -0.05) is 6.07 Å². The lowest BCUT2D eigenvalue weighted by Crippen LogP contribution is -2.20. The Balaban J connectivity index is 2.78. The van der Waals surface area contributed by atoms with Gasteiger partial charge in [0.15, 0.2) is 11.6 Å². The van der Waals surface area contributed by atoms with Crippen LogP contribution in [-0.2, 0) is 6.54 Å². The highest BCUT2D eigenvalue weighted by Gasteiger charge is 2.07. The number of hydrogen-bond acceptors (Lipinski definition) is 1. The standard InChI is InChI=1S/C9H8ClF2NO/c1-13(9(10)14)5-6-2-3-7(11)8(12)4-6/h2-4H,5H2,1H3. The molecule has 0 aliphatic heterocycles. The zero-order valence-electron chi connectivity index (χ0n) is 7.43. The molecule has 0 unspecified atom stereocenters. The Morgan fingerprint density at radius 3 is 2.57 bits per heavy atom. The van der Waals surface area contributed by atoms with E-state index in [1.165, 1.54) is 18.0 Å². The van der Waals surface area contributed by atoms with Crippen LogP contribution in [0.5, 0.6) is 0 Å². The van der Waals surface area contributed by atoms with E-state index in [1.54, 1.807) is 0 Å². The Bertz CT molecular complexity index is 357. The first-order chi connectivity index (χ1) is 6.50. The third kappa shape index (κ3) is 2.67. The number of halogens is 3. The summed E-state index contributed by atoms with van der Waals surface area (Å²) >= 11 is 5.17. The SMILES string of the molecule is CN(Cc1ccc(F)c(F)c1)C(=O)Cl. The number of carbonyl (C=O) groups excluding carboxylic acids is 1. The van der Waals surface area contributed by atoms with Gasteiger partial charge < -0.3 is 4.90 Å². The summed E-state index contributed by atoms with van der Waals surface area (Å²) in [7, 11) is 1.47. The molecular weight excluding hydrogens is 212 g/mol. The van der Waals surface area contributed by atoms with Gasteiger partial charge in [0, 0.05) is 13.6 Å². The van der Waals surface area contributed by atoms with E-state index in [0.29, 0.717) is 5.56 Å². The topological polar surface area (TPSA) is 20.3 Å². The molecule has 0 atom stereocenters. The molecule has 0 saturated carbocycles. The van der Waals surface area contributed by atoms with E-state index in [0.717, 1.165) is 12.1 Å². The van der Waals surface area contributed by atoms with Crippen LogP contribution in [0.3, 0.4) is 0 Å². The van der Waals surface area contributed by atoms with Crippen molar-refractivity contribution >= 4 is 17.0 Å². The van der Waals surface area contributed by atoms with Crippen LogP contribution in [0.25, 0.3) is 0 Å². The Kier molecular flexibility index (Phi) is 3.41. The molecule has 0 N–H and O–H groups in total. The predicted molar refractivity (Wildman–Crippen MR) is 49.1 cm³/mol. The van der Waals surface area contributed by atoms with Crippen LogP contribution in [-0.4, -0.2) is 17.3 Å². The largest absolute Gasteiger partial charge is 0.328 e. The van der Waals surface area contributed by atoms with Crippen molar-refractivity contribution in [2.45, 2.75) is 6.54 Å². The molecule has 14 heavy (non-hydrogen) atoms. The fourth-order valence-electron chi connectivity index (χ4n) is 0.974. The zero-order valence-corrected chi connectivity index (χ0v) is 8.18. The zero-order chi connectivity index (χ0) is 10.7. The van der Waals surface area contributed by atoms with Crippen molar-refractivity contribution < 1.29 is 13.6 Å². The smallest absolute Gasteiger partial charge is 0.316 e. The van der Waals surface area contributed by atoms with Crippen molar-refractivity contribution in [2.24, 2.45) is 0 Å². The molecule has 0 aliphatic carbocycles. The van der Waals surface area contributed by atoms with Gasteiger partial charge in [0.1, 0.15) is 0 Å². The van der Waals surface area contributed by atoms with Gasteiger partial charge in [0.05, 0.1) is 0 Å². The number of amides is 1. The van der Waals surface area contributed by atoms with Crippen LogP contribution in [0.4, 0.5) is 13.6 Å². The second-order valence-electron chi connectivity index (χ2n) is 2.86. The molecule has 1 amide bonds. The first kappa shape index (κ1) is 10.9. The molecule has 0 fully saturated rings. The summed E-state index contributed by atoms with van der Waals surface area (Å²) in [6, 6.07) is 3.44. The van der Waals surface area contributed by atoms with Gasteiger partial charge in [-0.15, -0.1) is 0 Å². The average molecular weight is 220 g/mol. The monoisotopic (exact) mass is 219 g/mol. The van der Waals surface area contributed by atoms with Gasteiger partial charge >= 0.3 is 5.37 Å². The summed E-state index contributed by atoms with van der Waals surface area (Å²) in [5.74, 6) is -1.84. The van der Waals surface area contributed by atoms with Crippen molar-refractivity contribution in [3.8, 4) is 0 Å². The van der Waals surface area contributed by atoms with Crippen LogP contribution < -0.4 is 0 Å². The van der Waals surface area contributed by atoms with Crippen molar-refractivity contribution in [1.82, 2.24) is 4.90 Å². The number of rotatable bonds is 2. The molecule has 0 radical (unpaired) electrons. The first-order valence-electron chi connectivity index (χ1n) is 3.85. The Hall–Kier alpha value is -1.16. The molecule has 0 bridgehead atoms. The Labute approximate surface area is 85.1 Å². The molecule has 0 heterocycles. The highest BCUT2D eigenvalue weighted by atomic mass is 35.5. The minimum absolute atomic E-state index is 0.152. The van der Waals surface area contributed by atoms with E-state index in [1.807, 2.05) is 0 Å². The van der Waals surface area contributed by atoms with E-state index in [2.05, 4.69) is 0 Å². The van der Waals surface area contributed by atoms with Crippen LogP contribution >= 0.6 is 11.6 Å². The maximum atomic E-state index is 12.7. The number of carbonyl (C=O) groups is 1. The summed E-state index contributed by atoms with van der Waals surface area (Å²) in [6.07, 6.45) is 0. The van der Waals surface area contributed by atoms with Crippen LogP contribution in [0.1, 0.15) is 5.56 Å². The average Bonchev–Trinajstić information content (AvgIpc) is 2.11. The van der Waals surface area contributed by atoms with E-state index >= 15 is 0 Å². The molecule has 0 aromatic heterocycles. The Morgan fingerprint density at radius 1 is 1.43 bits per heavy atom. The van der Waals surface area contributed by atoms with E-state index in [9.17, 15) is 13.6 Å². The summed E-state index contributed by atoms with van der Waals surface area (Å²) < 4.78 is 25.2. The van der Waals surface area contributed by atoms with Crippen molar-refractivity contribution in [3.63, 3.8) is 0 Å². The van der Waals surface area contributed by atoms with E-state index in [-0.39, 0.29) is 6.54 Å². The molecule has 0 aliphatic rings. The molecule has 1 rings (SSSR count).